The van der Waals surface area contributed by atoms with Crippen molar-refractivity contribution in [3.8, 4) is 0 Å². The molecule has 15 nitrogen and oxygen atoms in total. The van der Waals surface area contributed by atoms with Crippen molar-refractivity contribution >= 4 is 23.4 Å². The summed E-state index contributed by atoms with van der Waals surface area (Å²) in [6.45, 7) is 13.2. The molecule has 366 valence electrons. The number of hydrogen-bond donors (Lipinski definition) is 3. The van der Waals surface area contributed by atoms with E-state index in [-0.39, 0.29) is 61.0 Å². The number of amides is 1. The van der Waals surface area contributed by atoms with Gasteiger partial charge in [-0.25, -0.2) is 4.79 Å². The second kappa shape index (κ2) is 21.6. The first-order chi connectivity index (χ1) is 30.8. The highest BCUT2D eigenvalue weighted by Gasteiger charge is 2.62. The third kappa shape index (κ3) is 10.7. The lowest BCUT2D eigenvalue weighted by atomic mass is 9.78. The van der Waals surface area contributed by atoms with Gasteiger partial charge in [0, 0.05) is 52.0 Å². The number of carbonyl (C=O) groups is 4. The Hall–Kier alpha value is -2.86. The van der Waals surface area contributed by atoms with E-state index in [2.05, 4.69) is 6.92 Å². The highest BCUT2D eigenvalue weighted by molar-refractivity contribution is 6.39. The van der Waals surface area contributed by atoms with E-state index >= 15 is 0 Å². The molecule has 0 unspecified atom stereocenters. The average molecular weight is 916 g/mol. The molecular formula is C50H77NO14. The molecule has 15 heteroatoms. The van der Waals surface area contributed by atoms with Crippen LogP contribution < -0.4 is 0 Å². The fraction of sp³-hybridized carbons (Fsp3) is 0.800. The summed E-state index contributed by atoms with van der Waals surface area (Å²) in [5, 5.41) is 34.6. The molecule has 1 spiro atoms. The minimum Gasteiger partial charge on any atom is -0.460 e. The zero-order valence-electron chi connectivity index (χ0n) is 40.3. The Balaban J connectivity index is 1.37. The molecule has 1 saturated carbocycles. The number of ether oxygens (including phenoxy) is 7. The third-order valence-corrected chi connectivity index (χ3v) is 15.7. The van der Waals surface area contributed by atoms with Crippen molar-refractivity contribution in [3.63, 3.8) is 0 Å². The van der Waals surface area contributed by atoms with Gasteiger partial charge in [-0.15, -0.1) is 0 Å². The van der Waals surface area contributed by atoms with Crippen LogP contribution in [0.4, 0.5) is 0 Å². The molecule has 1 aliphatic carbocycles. The van der Waals surface area contributed by atoms with Crippen molar-refractivity contribution in [2.75, 3.05) is 27.9 Å². The standard InChI is InChI=1S/C50H77NO14/c1-27-14-13-16-38-44-31(5)23-33(7)50(64-38,65-44)46(61-10)42(54)30(4)22-28(2)37(53)26-40(29(3)24-34-18-19-36(52)41(25-34)59-8)62-48(57)35-15-11-12-21-51(35)47(56)45(55)49(58)32(6)17-20-39(63-49)43(27)60-9/h13-14,16,22,28-29,31-36,38-44,46,52,54,58H,11-12,15,17-21,23-26H2,1-10H3/b16-13+,27-14+,30-22+/t28-,29-,31+,32-,33-,34+,35+,36-,38-,39+,40+,41-,42-,43-,44-,46-,49-,50+/m1/s1. The van der Waals surface area contributed by atoms with E-state index in [1.807, 2.05) is 39.0 Å². The van der Waals surface area contributed by atoms with Crippen LogP contribution in [0.2, 0.25) is 0 Å². The zero-order valence-corrected chi connectivity index (χ0v) is 40.3. The van der Waals surface area contributed by atoms with Crippen LogP contribution in [0.5, 0.6) is 0 Å². The average Bonchev–Trinajstić information content (AvgIpc) is 3.63. The van der Waals surface area contributed by atoms with E-state index in [4.69, 9.17) is 33.2 Å². The second-order valence-corrected chi connectivity index (χ2v) is 20.3. The summed E-state index contributed by atoms with van der Waals surface area (Å²) in [4.78, 5) is 58.5. The van der Waals surface area contributed by atoms with Crippen molar-refractivity contribution in [2.45, 2.75) is 192 Å². The van der Waals surface area contributed by atoms with Crippen LogP contribution in [0.1, 0.15) is 119 Å². The summed E-state index contributed by atoms with van der Waals surface area (Å²) >= 11 is 0. The van der Waals surface area contributed by atoms with E-state index in [1.54, 1.807) is 34.0 Å². The Kier molecular flexibility index (Phi) is 17.1. The number of piperidine rings is 1. The topological polar surface area (TPSA) is 197 Å². The Morgan fingerprint density at radius 1 is 0.862 bits per heavy atom. The Morgan fingerprint density at radius 3 is 2.29 bits per heavy atom. The summed E-state index contributed by atoms with van der Waals surface area (Å²) < 4.78 is 43.7. The SMILES string of the molecule is CO[C@@H]1/C(C)=C/C=C/[C@H]2O[C@@]3(O[C@@H]2[C@@H](C)C[C@H]3C)[C@H](OC)[C@H](O)/C(C)=C/[C@@H](C)C(=O)C[C@@H]([C@H](C)C[C@@H]2CC[C@@H](O)[C@H](OC)C2)OC(=O)[C@@H]2CCCCN2C(=O)C(=O)[C@]2(O)O[C@H]1CC[C@H]2C. The molecule has 0 aromatic heterocycles. The lowest BCUT2D eigenvalue weighted by Crippen LogP contribution is -2.61. The molecule has 1 amide bonds. The quantitative estimate of drug-likeness (QED) is 0.180. The van der Waals surface area contributed by atoms with Crippen LogP contribution in [0.25, 0.3) is 0 Å². The first kappa shape index (κ1) is 51.5. The first-order valence-corrected chi connectivity index (χ1v) is 24.1. The lowest BCUT2D eigenvalue weighted by molar-refractivity contribution is -0.296. The van der Waals surface area contributed by atoms with Gasteiger partial charge in [-0.05, 0) is 107 Å². The van der Waals surface area contributed by atoms with Gasteiger partial charge in [0.1, 0.15) is 42.3 Å². The Labute approximate surface area is 385 Å². The minimum absolute atomic E-state index is 0.0937. The normalized spacial score (nSPS) is 45.5. The zero-order chi connectivity index (χ0) is 47.5. The molecule has 18 atom stereocenters. The second-order valence-electron chi connectivity index (χ2n) is 20.3. The van der Waals surface area contributed by atoms with E-state index in [0.29, 0.717) is 50.5 Å². The summed E-state index contributed by atoms with van der Waals surface area (Å²) in [5.74, 6) is -8.62. The van der Waals surface area contributed by atoms with Crippen molar-refractivity contribution in [2.24, 2.45) is 35.5 Å². The molecule has 5 aliphatic heterocycles. The highest BCUT2D eigenvalue weighted by Crippen LogP contribution is 2.50. The summed E-state index contributed by atoms with van der Waals surface area (Å²) in [6.07, 6.45) is 6.31. The lowest BCUT2D eigenvalue weighted by Gasteiger charge is -2.45. The van der Waals surface area contributed by atoms with E-state index < -0.39 is 89.8 Å². The first-order valence-electron chi connectivity index (χ1n) is 24.1. The van der Waals surface area contributed by atoms with Gasteiger partial charge in [-0.2, -0.15) is 0 Å². The number of allylic oxidation sites excluding steroid dienone is 3. The number of ketones is 2. The number of esters is 1. The summed E-state index contributed by atoms with van der Waals surface area (Å²) in [7, 11) is 4.61. The predicted molar refractivity (Wildman–Crippen MR) is 239 cm³/mol. The maximum absolute atomic E-state index is 14.4. The molecule has 0 aromatic carbocycles. The van der Waals surface area contributed by atoms with E-state index in [1.165, 1.54) is 19.1 Å². The maximum Gasteiger partial charge on any atom is 0.329 e. The van der Waals surface area contributed by atoms with Gasteiger partial charge < -0.3 is 53.4 Å². The smallest absolute Gasteiger partial charge is 0.329 e. The molecule has 5 bridgehead atoms. The molecule has 3 N–H and O–H groups in total. The number of rotatable bonds is 6. The molecular weight excluding hydrogens is 839 g/mol. The third-order valence-electron chi connectivity index (χ3n) is 15.7. The van der Waals surface area contributed by atoms with Gasteiger partial charge in [-0.3, -0.25) is 14.4 Å². The number of aliphatic hydroxyl groups is 3. The van der Waals surface area contributed by atoms with Gasteiger partial charge in [-0.1, -0.05) is 58.9 Å². The number of fused-ring (bicyclic) bond motifs is 6. The number of cyclic esters (lactones) is 1. The van der Waals surface area contributed by atoms with E-state index in [0.717, 1.165) is 18.4 Å². The van der Waals surface area contributed by atoms with Crippen LogP contribution in [0.15, 0.2) is 35.5 Å². The fourth-order valence-electron chi connectivity index (χ4n) is 11.6. The van der Waals surface area contributed by atoms with Crippen molar-refractivity contribution in [1.29, 1.82) is 0 Å². The van der Waals surface area contributed by atoms with Crippen molar-refractivity contribution in [1.82, 2.24) is 4.90 Å². The Bertz CT molecular complexity index is 1800. The predicted octanol–water partition coefficient (Wildman–Crippen LogP) is 5.16. The van der Waals surface area contributed by atoms with Crippen LogP contribution in [-0.2, 0) is 52.3 Å². The number of Topliss-reactive ketones (excluding diaryl/α,β-unsaturated/α-hetero) is 2. The van der Waals surface area contributed by atoms with Gasteiger partial charge in [0.05, 0.1) is 24.4 Å². The molecule has 5 fully saturated rings. The van der Waals surface area contributed by atoms with Crippen LogP contribution >= 0.6 is 0 Å². The number of nitrogens with zero attached hydrogens (tertiary/aromatic N) is 1. The summed E-state index contributed by atoms with van der Waals surface area (Å²) in [6, 6.07) is -1.13. The van der Waals surface area contributed by atoms with Crippen LogP contribution in [-0.4, -0.2) is 144 Å². The monoisotopic (exact) mass is 916 g/mol. The molecule has 4 saturated heterocycles. The minimum atomic E-state index is -2.49. The number of methoxy groups -OCH3 is 3. The molecule has 0 radical (unpaired) electrons. The molecule has 6 aliphatic rings. The highest BCUT2D eigenvalue weighted by atomic mass is 16.8. The maximum atomic E-state index is 14.4. The molecule has 5 heterocycles. The van der Waals surface area contributed by atoms with Gasteiger partial charge in [0.2, 0.25) is 11.6 Å². The molecule has 65 heavy (non-hydrogen) atoms. The Morgan fingerprint density at radius 2 is 1.60 bits per heavy atom. The van der Waals surface area contributed by atoms with Crippen molar-refractivity contribution < 1.29 is 67.7 Å². The van der Waals surface area contributed by atoms with Gasteiger partial charge in [0.25, 0.3) is 11.7 Å². The van der Waals surface area contributed by atoms with Gasteiger partial charge in [0.15, 0.2) is 0 Å². The van der Waals surface area contributed by atoms with Gasteiger partial charge >= 0.3 is 5.97 Å². The number of aliphatic hydroxyl groups excluding tert-OH is 2. The fourth-order valence-corrected chi connectivity index (χ4v) is 11.6. The van der Waals surface area contributed by atoms with Crippen molar-refractivity contribution in [3.05, 3.63) is 35.5 Å². The van der Waals surface area contributed by atoms with Crippen LogP contribution in [0.3, 0.4) is 0 Å². The number of carbonyl (C=O) groups excluding carboxylic acids is 4. The largest absolute Gasteiger partial charge is 0.460 e. The molecule has 6 rings (SSSR count). The number of hydrogen-bond acceptors (Lipinski definition) is 14. The van der Waals surface area contributed by atoms with E-state index in [9.17, 15) is 34.5 Å². The van der Waals surface area contributed by atoms with Crippen LogP contribution in [0, 0.1) is 35.5 Å². The molecule has 0 aromatic rings. The summed E-state index contributed by atoms with van der Waals surface area (Å²) in [5.41, 5.74) is 1.23.